The topological polar surface area (TPSA) is 57.9 Å². The molecule has 132 valence electrons. The number of fused-ring (bicyclic) bond motifs is 1. The van der Waals surface area contributed by atoms with Gasteiger partial charge < -0.3 is 14.2 Å². The summed E-state index contributed by atoms with van der Waals surface area (Å²) in [5, 5.41) is 4.84. The first-order valence-electron chi connectivity index (χ1n) is 8.13. The third-order valence-corrected chi connectivity index (χ3v) is 3.88. The van der Waals surface area contributed by atoms with Crippen molar-refractivity contribution in [1.82, 2.24) is 14.6 Å². The highest BCUT2D eigenvalue weighted by molar-refractivity contribution is 6.32. The van der Waals surface area contributed by atoms with Gasteiger partial charge in [-0.1, -0.05) is 18.5 Å². The number of hydrogen-bond acceptors (Lipinski definition) is 5. The Kier molecular flexibility index (Phi) is 5.73. The van der Waals surface area contributed by atoms with Crippen molar-refractivity contribution in [3.8, 4) is 22.9 Å². The van der Waals surface area contributed by atoms with Gasteiger partial charge in [0.2, 0.25) is 5.88 Å². The summed E-state index contributed by atoms with van der Waals surface area (Å²) in [7, 11) is 1.64. The van der Waals surface area contributed by atoms with Crippen LogP contribution < -0.4 is 9.47 Å². The number of imidazole rings is 1. The summed E-state index contributed by atoms with van der Waals surface area (Å²) >= 11 is 6.47. The minimum atomic E-state index is 0.449. The van der Waals surface area contributed by atoms with Gasteiger partial charge in [0.15, 0.2) is 10.8 Å². The average molecular weight is 362 g/mol. The molecule has 7 heteroatoms. The van der Waals surface area contributed by atoms with Crippen LogP contribution in [0.1, 0.15) is 13.3 Å². The fourth-order valence-electron chi connectivity index (χ4n) is 2.31. The Hall–Kier alpha value is -2.31. The zero-order valence-corrected chi connectivity index (χ0v) is 15.0. The Morgan fingerprint density at radius 3 is 2.52 bits per heavy atom. The molecule has 2 heterocycles. The highest BCUT2D eigenvalue weighted by Crippen LogP contribution is 2.29. The lowest BCUT2D eigenvalue weighted by Gasteiger charge is -2.06. The van der Waals surface area contributed by atoms with Gasteiger partial charge in [0.25, 0.3) is 0 Å². The monoisotopic (exact) mass is 361 g/mol. The first-order chi connectivity index (χ1) is 12.2. The molecule has 6 nitrogen and oxygen atoms in total. The maximum atomic E-state index is 6.47. The van der Waals surface area contributed by atoms with E-state index < -0.39 is 0 Å². The standard InChI is InChI=1S/C18H20ClN3O3/c1-3-10-25-16-9-8-15-20-17(18(19)22(15)21-16)13-4-6-14(7-5-13)24-12-11-23-2/h4-9H,3,10-12H2,1-2H3. The molecule has 3 rings (SSSR count). The number of halogens is 1. The van der Waals surface area contributed by atoms with Crippen molar-refractivity contribution < 1.29 is 14.2 Å². The molecule has 0 bridgehead atoms. The second kappa shape index (κ2) is 8.18. The molecule has 0 aliphatic heterocycles. The number of rotatable bonds is 8. The van der Waals surface area contributed by atoms with E-state index in [-0.39, 0.29) is 0 Å². The molecule has 0 atom stereocenters. The van der Waals surface area contributed by atoms with E-state index in [1.165, 1.54) is 0 Å². The molecule has 0 saturated carbocycles. The Labute approximate surface area is 151 Å². The Bertz CT molecular complexity index is 833. The Balaban J connectivity index is 1.84. The van der Waals surface area contributed by atoms with Crippen molar-refractivity contribution in [3.05, 3.63) is 41.6 Å². The van der Waals surface area contributed by atoms with E-state index in [2.05, 4.69) is 10.1 Å². The molecule has 0 saturated heterocycles. The summed E-state index contributed by atoms with van der Waals surface area (Å²) in [6, 6.07) is 11.2. The van der Waals surface area contributed by atoms with Crippen molar-refractivity contribution in [2.75, 3.05) is 26.9 Å². The third kappa shape index (κ3) is 4.03. The van der Waals surface area contributed by atoms with Gasteiger partial charge >= 0.3 is 0 Å². The van der Waals surface area contributed by atoms with E-state index >= 15 is 0 Å². The van der Waals surface area contributed by atoms with Crippen molar-refractivity contribution in [2.24, 2.45) is 0 Å². The summed E-state index contributed by atoms with van der Waals surface area (Å²) in [5.74, 6) is 1.30. The maximum Gasteiger partial charge on any atom is 0.231 e. The van der Waals surface area contributed by atoms with Gasteiger partial charge in [-0.2, -0.15) is 4.52 Å². The maximum absolute atomic E-state index is 6.47. The molecular weight excluding hydrogens is 342 g/mol. The molecule has 25 heavy (non-hydrogen) atoms. The highest BCUT2D eigenvalue weighted by atomic mass is 35.5. The van der Waals surface area contributed by atoms with Crippen LogP contribution in [-0.4, -0.2) is 41.5 Å². The predicted octanol–water partition coefficient (Wildman–Crippen LogP) is 3.86. The SMILES string of the molecule is CCCOc1ccc2nc(-c3ccc(OCCOC)cc3)c(Cl)n2n1. The highest BCUT2D eigenvalue weighted by Gasteiger charge is 2.14. The number of nitrogens with zero attached hydrogens (tertiary/aromatic N) is 3. The predicted molar refractivity (Wildman–Crippen MR) is 96.6 cm³/mol. The minimum absolute atomic E-state index is 0.449. The van der Waals surface area contributed by atoms with Gasteiger partial charge in [-0.05, 0) is 36.8 Å². The van der Waals surface area contributed by atoms with E-state index in [0.29, 0.717) is 42.2 Å². The number of methoxy groups -OCH3 is 1. The number of hydrogen-bond donors (Lipinski definition) is 0. The Morgan fingerprint density at radius 1 is 1.00 bits per heavy atom. The van der Waals surface area contributed by atoms with Crippen molar-refractivity contribution in [1.29, 1.82) is 0 Å². The quantitative estimate of drug-likeness (QED) is 0.570. The molecule has 1 aromatic carbocycles. The van der Waals surface area contributed by atoms with Crippen molar-refractivity contribution >= 4 is 17.2 Å². The van der Waals surface area contributed by atoms with Gasteiger partial charge in [-0.25, -0.2) is 4.98 Å². The molecule has 0 amide bonds. The van der Waals surface area contributed by atoms with E-state index in [1.807, 2.05) is 37.3 Å². The van der Waals surface area contributed by atoms with Crippen molar-refractivity contribution in [3.63, 3.8) is 0 Å². The van der Waals surface area contributed by atoms with Gasteiger partial charge in [-0.3, -0.25) is 0 Å². The van der Waals surface area contributed by atoms with E-state index in [0.717, 1.165) is 17.7 Å². The van der Waals surface area contributed by atoms with Crippen LogP contribution in [0.4, 0.5) is 0 Å². The summed E-state index contributed by atoms with van der Waals surface area (Å²) in [6.45, 7) is 3.72. The summed E-state index contributed by atoms with van der Waals surface area (Å²) < 4.78 is 17.7. The van der Waals surface area contributed by atoms with Crippen LogP contribution in [0, 0.1) is 0 Å². The van der Waals surface area contributed by atoms with Gasteiger partial charge in [0, 0.05) is 18.7 Å². The number of benzene rings is 1. The second-order valence-corrected chi connectivity index (χ2v) is 5.76. The molecule has 0 radical (unpaired) electrons. The normalized spacial score (nSPS) is 11.0. The zero-order valence-electron chi connectivity index (χ0n) is 14.2. The molecule has 0 unspecified atom stereocenters. The largest absolute Gasteiger partial charge is 0.491 e. The minimum Gasteiger partial charge on any atom is -0.491 e. The molecule has 0 aliphatic carbocycles. The summed E-state index contributed by atoms with van der Waals surface area (Å²) in [5.41, 5.74) is 2.24. The van der Waals surface area contributed by atoms with Crippen LogP contribution >= 0.6 is 11.6 Å². The molecule has 0 spiro atoms. The molecule has 2 aromatic heterocycles. The second-order valence-electron chi connectivity index (χ2n) is 5.41. The average Bonchev–Trinajstić information content (AvgIpc) is 2.97. The fourth-order valence-corrected chi connectivity index (χ4v) is 2.58. The molecular formula is C18H20ClN3O3. The third-order valence-electron chi connectivity index (χ3n) is 3.54. The van der Waals surface area contributed by atoms with Gasteiger partial charge in [0.05, 0.1) is 13.2 Å². The first kappa shape index (κ1) is 17.5. The van der Waals surface area contributed by atoms with E-state index in [1.54, 1.807) is 17.7 Å². The lowest BCUT2D eigenvalue weighted by molar-refractivity contribution is 0.146. The molecule has 0 aliphatic rings. The lowest BCUT2D eigenvalue weighted by Crippen LogP contribution is -2.03. The summed E-state index contributed by atoms with van der Waals surface area (Å²) in [4.78, 5) is 4.56. The van der Waals surface area contributed by atoms with Crippen LogP contribution in [0.25, 0.3) is 16.9 Å². The van der Waals surface area contributed by atoms with Crippen LogP contribution in [-0.2, 0) is 4.74 Å². The number of ether oxygens (including phenoxy) is 3. The van der Waals surface area contributed by atoms with Crippen molar-refractivity contribution in [2.45, 2.75) is 13.3 Å². The van der Waals surface area contributed by atoms with Crippen LogP contribution in [0.5, 0.6) is 11.6 Å². The Morgan fingerprint density at radius 2 is 1.80 bits per heavy atom. The summed E-state index contributed by atoms with van der Waals surface area (Å²) in [6.07, 6.45) is 0.918. The van der Waals surface area contributed by atoms with Gasteiger partial charge in [0.1, 0.15) is 18.1 Å². The fraction of sp³-hybridized carbons (Fsp3) is 0.333. The van der Waals surface area contributed by atoms with Crippen LogP contribution in [0.2, 0.25) is 5.15 Å². The molecule has 0 fully saturated rings. The number of aromatic nitrogens is 3. The first-order valence-corrected chi connectivity index (χ1v) is 8.51. The lowest BCUT2D eigenvalue weighted by atomic mass is 10.1. The van der Waals surface area contributed by atoms with Gasteiger partial charge in [-0.15, -0.1) is 5.10 Å². The smallest absolute Gasteiger partial charge is 0.231 e. The van der Waals surface area contributed by atoms with E-state index in [4.69, 9.17) is 25.8 Å². The zero-order chi connectivity index (χ0) is 17.6. The van der Waals surface area contributed by atoms with Crippen LogP contribution in [0.3, 0.4) is 0 Å². The van der Waals surface area contributed by atoms with Crippen LogP contribution in [0.15, 0.2) is 36.4 Å². The van der Waals surface area contributed by atoms with E-state index in [9.17, 15) is 0 Å². The molecule has 0 N–H and O–H groups in total. The molecule has 3 aromatic rings.